The fourth-order valence-electron chi connectivity index (χ4n) is 3.82. The summed E-state index contributed by atoms with van der Waals surface area (Å²) < 4.78 is 22.7. The molecule has 1 saturated heterocycles. The van der Waals surface area contributed by atoms with Gasteiger partial charge >= 0.3 is 0 Å². The topological polar surface area (TPSA) is 64.3 Å². The number of carbonyl (C=O) groups excluding carboxylic acids is 1. The Balaban J connectivity index is 1.43. The van der Waals surface area contributed by atoms with E-state index < -0.39 is 0 Å². The van der Waals surface area contributed by atoms with Crippen molar-refractivity contribution in [3.63, 3.8) is 0 Å². The summed E-state index contributed by atoms with van der Waals surface area (Å²) in [5, 5.41) is 7.26. The molecule has 7 nitrogen and oxygen atoms in total. The highest BCUT2D eigenvalue weighted by molar-refractivity contribution is 6.05. The van der Waals surface area contributed by atoms with Gasteiger partial charge in [-0.15, -0.1) is 0 Å². The van der Waals surface area contributed by atoms with Gasteiger partial charge in [0.2, 0.25) is 0 Å². The van der Waals surface area contributed by atoms with Gasteiger partial charge in [-0.2, -0.15) is 5.10 Å². The molecule has 0 atom stereocenters. The van der Waals surface area contributed by atoms with Crippen LogP contribution in [0.5, 0.6) is 0 Å². The molecule has 0 radical (unpaired) electrons. The highest BCUT2D eigenvalue weighted by Gasteiger charge is 2.18. The number of halogens is 1. The highest BCUT2D eigenvalue weighted by Crippen LogP contribution is 2.22. The molecule has 1 amide bonds. The molecule has 1 N–H and O–H groups in total. The van der Waals surface area contributed by atoms with Gasteiger partial charge in [-0.1, -0.05) is 6.07 Å². The average Bonchev–Trinajstić information content (AvgIpc) is 3.30. The van der Waals surface area contributed by atoms with Crippen LogP contribution in [0.15, 0.2) is 42.7 Å². The molecule has 30 heavy (non-hydrogen) atoms. The lowest BCUT2D eigenvalue weighted by molar-refractivity contribution is 0.0360. The van der Waals surface area contributed by atoms with Gasteiger partial charge in [-0.3, -0.25) is 14.4 Å². The smallest absolute Gasteiger partial charge is 0.257 e. The SMILES string of the molecule is Cc1cc(C(=O)Nc2cnn(CCN3CCOCC3)c2)c(C)n1-c1cccc(F)c1. The zero-order valence-corrected chi connectivity index (χ0v) is 17.3. The van der Waals surface area contributed by atoms with E-state index in [2.05, 4.69) is 15.3 Å². The third kappa shape index (κ3) is 4.44. The molecular weight excluding hydrogens is 385 g/mol. The van der Waals surface area contributed by atoms with Crippen molar-refractivity contribution in [1.82, 2.24) is 19.2 Å². The fraction of sp³-hybridized carbons (Fsp3) is 0.364. The number of nitrogens with zero attached hydrogens (tertiary/aromatic N) is 4. The lowest BCUT2D eigenvalue weighted by Crippen LogP contribution is -2.38. The maximum absolute atomic E-state index is 13.6. The van der Waals surface area contributed by atoms with E-state index in [0.717, 1.165) is 50.8 Å². The number of benzene rings is 1. The Morgan fingerprint density at radius 1 is 1.20 bits per heavy atom. The van der Waals surface area contributed by atoms with Crippen molar-refractivity contribution in [3.8, 4) is 5.69 Å². The number of aryl methyl sites for hydroxylation is 1. The van der Waals surface area contributed by atoms with Crippen molar-refractivity contribution in [2.45, 2.75) is 20.4 Å². The summed E-state index contributed by atoms with van der Waals surface area (Å²) in [4.78, 5) is 15.2. The number of aromatic nitrogens is 3. The molecule has 158 valence electrons. The normalized spacial score (nSPS) is 14.8. The molecule has 4 rings (SSSR count). The maximum Gasteiger partial charge on any atom is 0.257 e. The molecule has 8 heteroatoms. The summed E-state index contributed by atoms with van der Waals surface area (Å²) in [5.41, 5.74) is 3.52. The van der Waals surface area contributed by atoms with E-state index in [0.29, 0.717) is 16.9 Å². The molecule has 1 aliphatic rings. The minimum atomic E-state index is -0.310. The van der Waals surface area contributed by atoms with Crippen LogP contribution in [0.3, 0.4) is 0 Å². The fourth-order valence-corrected chi connectivity index (χ4v) is 3.82. The van der Waals surface area contributed by atoms with Crippen LogP contribution in [0, 0.1) is 19.7 Å². The Labute approximate surface area is 175 Å². The number of hydrogen-bond acceptors (Lipinski definition) is 4. The Hall–Kier alpha value is -2.97. The Bertz CT molecular complexity index is 1040. The van der Waals surface area contributed by atoms with E-state index in [1.807, 2.05) is 41.4 Å². The molecule has 0 aliphatic carbocycles. The second-order valence-corrected chi connectivity index (χ2v) is 7.50. The summed E-state index contributed by atoms with van der Waals surface area (Å²) in [6.07, 6.45) is 3.49. The third-order valence-corrected chi connectivity index (χ3v) is 5.38. The number of carbonyl (C=O) groups is 1. The molecule has 0 bridgehead atoms. The Morgan fingerprint density at radius 2 is 2.00 bits per heavy atom. The molecule has 0 unspecified atom stereocenters. The predicted octanol–water partition coefficient (Wildman–Crippen LogP) is 3.01. The molecule has 3 heterocycles. The van der Waals surface area contributed by atoms with Crippen LogP contribution in [0.4, 0.5) is 10.1 Å². The number of hydrogen-bond donors (Lipinski definition) is 1. The lowest BCUT2D eigenvalue weighted by Gasteiger charge is -2.26. The van der Waals surface area contributed by atoms with Gasteiger partial charge < -0.3 is 14.6 Å². The van der Waals surface area contributed by atoms with Crippen LogP contribution in [0.25, 0.3) is 5.69 Å². The summed E-state index contributed by atoms with van der Waals surface area (Å²) in [7, 11) is 0. The van der Waals surface area contributed by atoms with Crippen molar-refractivity contribution in [2.24, 2.45) is 0 Å². The van der Waals surface area contributed by atoms with Crippen molar-refractivity contribution in [2.75, 3.05) is 38.2 Å². The molecule has 0 saturated carbocycles. The number of anilines is 1. The zero-order chi connectivity index (χ0) is 21.1. The summed E-state index contributed by atoms with van der Waals surface area (Å²) in [6.45, 7) is 8.83. The molecule has 3 aromatic rings. The zero-order valence-electron chi connectivity index (χ0n) is 17.3. The van der Waals surface area contributed by atoms with E-state index in [4.69, 9.17) is 4.74 Å². The van der Waals surface area contributed by atoms with Crippen LogP contribution in [0.1, 0.15) is 21.7 Å². The van der Waals surface area contributed by atoms with Crippen molar-refractivity contribution < 1.29 is 13.9 Å². The first-order valence-electron chi connectivity index (χ1n) is 10.1. The maximum atomic E-state index is 13.6. The quantitative estimate of drug-likeness (QED) is 0.677. The number of morpholine rings is 1. The third-order valence-electron chi connectivity index (χ3n) is 5.38. The largest absolute Gasteiger partial charge is 0.379 e. The van der Waals surface area contributed by atoms with Gasteiger partial charge in [-0.05, 0) is 38.1 Å². The van der Waals surface area contributed by atoms with Gasteiger partial charge in [0.15, 0.2) is 0 Å². The van der Waals surface area contributed by atoms with E-state index in [1.165, 1.54) is 12.1 Å². The van der Waals surface area contributed by atoms with Crippen LogP contribution in [-0.2, 0) is 11.3 Å². The van der Waals surface area contributed by atoms with Crippen molar-refractivity contribution >= 4 is 11.6 Å². The van der Waals surface area contributed by atoms with Crippen LogP contribution in [0.2, 0.25) is 0 Å². The summed E-state index contributed by atoms with van der Waals surface area (Å²) in [6, 6.07) is 8.17. The van der Waals surface area contributed by atoms with E-state index in [-0.39, 0.29) is 11.7 Å². The first-order valence-corrected chi connectivity index (χ1v) is 10.1. The Kier molecular flexibility index (Phi) is 5.96. The number of nitrogens with one attached hydrogen (secondary N) is 1. The van der Waals surface area contributed by atoms with Gasteiger partial charge in [0.05, 0.1) is 37.2 Å². The second-order valence-electron chi connectivity index (χ2n) is 7.50. The first kappa shape index (κ1) is 20.3. The molecule has 2 aromatic heterocycles. The van der Waals surface area contributed by atoms with Gasteiger partial charge in [-0.25, -0.2) is 4.39 Å². The molecule has 1 fully saturated rings. The monoisotopic (exact) mass is 411 g/mol. The van der Waals surface area contributed by atoms with Crippen molar-refractivity contribution in [3.05, 3.63) is 65.5 Å². The standard InChI is InChI=1S/C22H26FN5O2/c1-16-12-21(17(2)28(16)20-5-3-4-18(23)13-20)22(29)25-19-14-24-27(15-19)7-6-26-8-10-30-11-9-26/h3-5,12-15H,6-11H2,1-2H3,(H,25,29). The van der Waals surface area contributed by atoms with Crippen LogP contribution in [-0.4, -0.2) is 58.0 Å². The van der Waals surface area contributed by atoms with Gasteiger partial charge in [0.1, 0.15) is 5.82 Å². The highest BCUT2D eigenvalue weighted by atomic mass is 19.1. The second kappa shape index (κ2) is 8.81. The van der Waals surface area contributed by atoms with E-state index in [1.54, 1.807) is 12.3 Å². The molecular formula is C22H26FN5O2. The molecule has 1 aliphatic heterocycles. The van der Waals surface area contributed by atoms with E-state index in [9.17, 15) is 9.18 Å². The van der Waals surface area contributed by atoms with Crippen LogP contribution >= 0.6 is 0 Å². The van der Waals surface area contributed by atoms with E-state index >= 15 is 0 Å². The summed E-state index contributed by atoms with van der Waals surface area (Å²) in [5.74, 6) is -0.519. The summed E-state index contributed by atoms with van der Waals surface area (Å²) >= 11 is 0. The lowest BCUT2D eigenvalue weighted by atomic mass is 10.2. The van der Waals surface area contributed by atoms with Gasteiger partial charge in [0.25, 0.3) is 5.91 Å². The average molecular weight is 411 g/mol. The molecule has 0 spiro atoms. The predicted molar refractivity (Wildman–Crippen MR) is 113 cm³/mol. The number of rotatable bonds is 6. The Morgan fingerprint density at radius 3 is 2.77 bits per heavy atom. The van der Waals surface area contributed by atoms with Gasteiger partial charge in [0, 0.05) is 42.9 Å². The minimum absolute atomic E-state index is 0.210. The first-order chi connectivity index (χ1) is 14.5. The minimum Gasteiger partial charge on any atom is -0.379 e. The van der Waals surface area contributed by atoms with Crippen molar-refractivity contribution in [1.29, 1.82) is 0 Å². The molecule has 1 aromatic carbocycles. The number of ether oxygens (including phenoxy) is 1. The van der Waals surface area contributed by atoms with Crippen LogP contribution < -0.4 is 5.32 Å². The number of amides is 1.